The van der Waals surface area contributed by atoms with E-state index in [4.69, 9.17) is 16.1 Å². The summed E-state index contributed by atoms with van der Waals surface area (Å²) in [5.41, 5.74) is 0.624. The largest absolute Gasteiger partial charge is 0.375 e. The van der Waals surface area contributed by atoms with Crippen molar-refractivity contribution >= 4 is 17.3 Å². The van der Waals surface area contributed by atoms with Gasteiger partial charge in [-0.15, -0.1) is 0 Å². The van der Waals surface area contributed by atoms with E-state index in [2.05, 4.69) is 15.5 Å². The fourth-order valence-corrected chi connectivity index (χ4v) is 1.45. The van der Waals surface area contributed by atoms with E-state index in [0.29, 0.717) is 29.0 Å². The zero-order chi connectivity index (χ0) is 11.5. The van der Waals surface area contributed by atoms with Crippen molar-refractivity contribution < 1.29 is 8.91 Å². The van der Waals surface area contributed by atoms with E-state index in [1.54, 1.807) is 13.0 Å². The molecule has 2 aromatic rings. The number of anilines is 1. The van der Waals surface area contributed by atoms with Gasteiger partial charge in [0.1, 0.15) is 5.82 Å². The van der Waals surface area contributed by atoms with Crippen molar-refractivity contribution in [3.63, 3.8) is 0 Å². The summed E-state index contributed by atoms with van der Waals surface area (Å²) in [6.07, 6.45) is 0. The number of nitrogens with zero attached hydrogens (tertiary/aromatic N) is 2. The summed E-state index contributed by atoms with van der Waals surface area (Å²) in [5.74, 6) is 0.657. The number of aryl methyl sites for hydroxylation is 1. The van der Waals surface area contributed by atoms with Gasteiger partial charge >= 0.3 is 0 Å². The van der Waals surface area contributed by atoms with E-state index in [0.717, 1.165) is 0 Å². The van der Waals surface area contributed by atoms with E-state index in [9.17, 15) is 4.39 Å². The van der Waals surface area contributed by atoms with Gasteiger partial charge in [0, 0.05) is 0 Å². The molecule has 1 heterocycles. The lowest BCUT2D eigenvalue weighted by molar-refractivity contribution is 0.379. The molecule has 0 saturated carbocycles. The summed E-state index contributed by atoms with van der Waals surface area (Å²) in [6, 6.07) is 4.12. The molecule has 0 radical (unpaired) electrons. The quantitative estimate of drug-likeness (QED) is 0.898. The highest BCUT2D eigenvalue weighted by Crippen LogP contribution is 2.22. The van der Waals surface area contributed by atoms with Gasteiger partial charge in [0.15, 0.2) is 5.82 Å². The number of nitrogens with one attached hydrogen (secondary N) is 1. The van der Waals surface area contributed by atoms with Gasteiger partial charge < -0.3 is 9.84 Å². The van der Waals surface area contributed by atoms with E-state index >= 15 is 0 Å². The third-order valence-electron chi connectivity index (χ3n) is 1.93. The van der Waals surface area contributed by atoms with Crippen LogP contribution >= 0.6 is 11.6 Å². The molecule has 0 saturated heterocycles. The van der Waals surface area contributed by atoms with Crippen LogP contribution in [0.1, 0.15) is 11.7 Å². The van der Waals surface area contributed by atoms with Crippen LogP contribution in [0.4, 0.5) is 10.1 Å². The molecule has 0 spiro atoms. The minimum absolute atomic E-state index is 0.316. The lowest BCUT2D eigenvalue weighted by Crippen LogP contribution is -2.00. The fourth-order valence-electron chi connectivity index (χ4n) is 1.22. The molecule has 1 N–H and O–H groups in total. The summed E-state index contributed by atoms with van der Waals surface area (Å²) in [7, 11) is 0. The highest BCUT2D eigenvalue weighted by molar-refractivity contribution is 6.33. The number of benzene rings is 1. The number of hydrogen-bond acceptors (Lipinski definition) is 4. The van der Waals surface area contributed by atoms with Gasteiger partial charge in [-0.05, 0) is 25.1 Å². The Morgan fingerprint density at radius 2 is 2.31 bits per heavy atom. The van der Waals surface area contributed by atoms with Gasteiger partial charge in [-0.1, -0.05) is 16.8 Å². The average Bonchev–Trinajstić information content (AvgIpc) is 2.63. The molecule has 0 fully saturated rings. The normalized spacial score (nSPS) is 10.4. The van der Waals surface area contributed by atoms with E-state index in [1.165, 1.54) is 12.1 Å². The van der Waals surface area contributed by atoms with Crippen molar-refractivity contribution in [2.75, 3.05) is 5.32 Å². The molecule has 84 valence electrons. The third-order valence-corrected chi connectivity index (χ3v) is 2.24. The highest BCUT2D eigenvalue weighted by Gasteiger charge is 2.05. The number of halogens is 2. The molecule has 0 atom stereocenters. The zero-order valence-electron chi connectivity index (χ0n) is 8.50. The topological polar surface area (TPSA) is 51.0 Å². The van der Waals surface area contributed by atoms with E-state index in [1.807, 2.05) is 0 Å². The molecule has 4 nitrogen and oxygen atoms in total. The Kier molecular flexibility index (Phi) is 3.05. The van der Waals surface area contributed by atoms with Gasteiger partial charge in [-0.3, -0.25) is 0 Å². The minimum Gasteiger partial charge on any atom is -0.375 e. The SMILES string of the molecule is Cc1noc(CNc2ccc(F)cc2Cl)n1. The van der Waals surface area contributed by atoms with Crippen LogP contribution in [-0.4, -0.2) is 10.1 Å². The molecule has 0 aliphatic heterocycles. The lowest BCUT2D eigenvalue weighted by atomic mass is 10.3. The second-order valence-electron chi connectivity index (χ2n) is 3.21. The zero-order valence-corrected chi connectivity index (χ0v) is 9.25. The van der Waals surface area contributed by atoms with Gasteiger partial charge in [0.25, 0.3) is 0 Å². The second-order valence-corrected chi connectivity index (χ2v) is 3.62. The molecule has 0 aliphatic rings. The van der Waals surface area contributed by atoms with Crippen molar-refractivity contribution in [2.45, 2.75) is 13.5 Å². The van der Waals surface area contributed by atoms with Crippen LogP contribution in [0.3, 0.4) is 0 Å². The Bertz CT molecular complexity index is 501. The summed E-state index contributed by atoms with van der Waals surface area (Å²) >= 11 is 5.83. The number of hydrogen-bond donors (Lipinski definition) is 1. The number of aromatic nitrogens is 2. The van der Waals surface area contributed by atoms with Crippen LogP contribution in [0.15, 0.2) is 22.7 Å². The first-order valence-corrected chi connectivity index (χ1v) is 5.01. The highest BCUT2D eigenvalue weighted by atomic mass is 35.5. The third kappa shape index (κ3) is 2.49. The summed E-state index contributed by atoms with van der Waals surface area (Å²) in [4.78, 5) is 4.02. The van der Waals surface area contributed by atoms with Crippen LogP contribution in [0.25, 0.3) is 0 Å². The van der Waals surface area contributed by atoms with Crippen molar-refractivity contribution in [3.8, 4) is 0 Å². The first-order valence-electron chi connectivity index (χ1n) is 4.63. The van der Waals surface area contributed by atoms with Crippen LogP contribution in [-0.2, 0) is 6.54 Å². The van der Waals surface area contributed by atoms with Gasteiger partial charge in [-0.2, -0.15) is 4.98 Å². The molecule has 16 heavy (non-hydrogen) atoms. The van der Waals surface area contributed by atoms with Gasteiger partial charge in [0.2, 0.25) is 5.89 Å². The molecular formula is C10H9ClFN3O. The van der Waals surface area contributed by atoms with E-state index < -0.39 is 0 Å². The van der Waals surface area contributed by atoms with Crippen molar-refractivity contribution in [1.82, 2.24) is 10.1 Å². The number of rotatable bonds is 3. The first-order chi connectivity index (χ1) is 7.65. The average molecular weight is 242 g/mol. The fraction of sp³-hybridized carbons (Fsp3) is 0.200. The second kappa shape index (κ2) is 4.49. The molecule has 0 amide bonds. The standard InChI is InChI=1S/C10H9ClFN3O/c1-6-14-10(16-15-6)5-13-9-3-2-7(12)4-8(9)11/h2-4,13H,5H2,1H3. The Morgan fingerprint density at radius 3 is 2.94 bits per heavy atom. The maximum Gasteiger partial charge on any atom is 0.245 e. The van der Waals surface area contributed by atoms with Crippen molar-refractivity contribution in [2.24, 2.45) is 0 Å². The van der Waals surface area contributed by atoms with Crippen LogP contribution in [0.2, 0.25) is 5.02 Å². The van der Waals surface area contributed by atoms with E-state index in [-0.39, 0.29) is 5.82 Å². The van der Waals surface area contributed by atoms with Gasteiger partial charge in [-0.25, -0.2) is 4.39 Å². The Balaban J connectivity index is 2.04. The van der Waals surface area contributed by atoms with Crippen LogP contribution in [0.5, 0.6) is 0 Å². The first kappa shape index (κ1) is 10.9. The molecule has 0 bridgehead atoms. The summed E-state index contributed by atoms with van der Waals surface area (Å²) in [6.45, 7) is 2.09. The molecule has 6 heteroatoms. The molecule has 0 aliphatic carbocycles. The maximum atomic E-state index is 12.8. The Labute approximate surface area is 96.4 Å². The van der Waals surface area contributed by atoms with Crippen LogP contribution in [0, 0.1) is 12.7 Å². The summed E-state index contributed by atoms with van der Waals surface area (Å²) in [5, 5.41) is 6.94. The molecule has 0 unspecified atom stereocenters. The molecule has 2 rings (SSSR count). The predicted molar refractivity (Wildman–Crippen MR) is 57.8 cm³/mol. The summed E-state index contributed by atoms with van der Waals surface area (Å²) < 4.78 is 17.7. The molecular weight excluding hydrogens is 233 g/mol. The lowest BCUT2D eigenvalue weighted by Gasteiger charge is -2.05. The van der Waals surface area contributed by atoms with Crippen molar-refractivity contribution in [1.29, 1.82) is 0 Å². The predicted octanol–water partition coefficient (Wildman–Crippen LogP) is 2.78. The molecule has 1 aromatic carbocycles. The maximum absolute atomic E-state index is 12.8. The smallest absolute Gasteiger partial charge is 0.245 e. The molecule has 1 aromatic heterocycles. The van der Waals surface area contributed by atoms with Crippen molar-refractivity contribution in [3.05, 3.63) is 40.8 Å². The van der Waals surface area contributed by atoms with Gasteiger partial charge in [0.05, 0.1) is 17.3 Å². The van der Waals surface area contributed by atoms with Crippen LogP contribution < -0.4 is 5.32 Å². The Hall–Kier alpha value is -1.62. The minimum atomic E-state index is -0.371. The Morgan fingerprint density at radius 1 is 1.50 bits per heavy atom. The monoisotopic (exact) mass is 241 g/mol.